The highest BCUT2D eigenvalue weighted by atomic mass is 16.6. The predicted octanol–water partition coefficient (Wildman–Crippen LogP) is 2.38. The molecule has 1 N–H and O–H groups in total. The first-order valence-corrected chi connectivity index (χ1v) is 6.73. The molecule has 7 heteroatoms. The largest absolute Gasteiger partial charge is 0.487 e. The zero-order valence-corrected chi connectivity index (χ0v) is 12.1. The van der Waals surface area contributed by atoms with Crippen molar-refractivity contribution in [3.63, 3.8) is 0 Å². The van der Waals surface area contributed by atoms with Crippen LogP contribution in [0, 0.1) is 10.1 Å². The van der Waals surface area contributed by atoms with Gasteiger partial charge in [-0.2, -0.15) is 0 Å². The quantitative estimate of drug-likeness (QED) is 0.625. The van der Waals surface area contributed by atoms with E-state index in [9.17, 15) is 10.1 Å². The number of hydrogen-bond acceptors (Lipinski definition) is 5. The van der Waals surface area contributed by atoms with Crippen LogP contribution in [0.5, 0.6) is 5.75 Å². The van der Waals surface area contributed by atoms with E-state index >= 15 is 0 Å². The molecule has 0 amide bonds. The number of imidazole rings is 1. The van der Waals surface area contributed by atoms with Crippen molar-refractivity contribution in [3.8, 4) is 5.75 Å². The molecule has 0 aliphatic carbocycles. The molecule has 0 fully saturated rings. The van der Waals surface area contributed by atoms with E-state index in [0.717, 1.165) is 5.82 Å². The number of aryl methyl sites for hydroxylation is 1. The lowest BCUT2D eigenvalue weighted by Gasteiger charge is -2.10. The van der Waals surface area contributed by atoms with Crippen LogP contribution in [0.15, 0.2) is 30.6 Å². The van der Waals surface area contributed by atoms with Crippen LogP contribution in [0.3, 0.4) is 0 Å². The van der Waals surface area contributed by atoms with Gasteiger partial charge in [0, 0.05) is 32.4 Å². The topological polar surface area (TPSA) is 82.2 Å². The van der Waals surface area contributed by atoms with Crippen molar-refractivity contribution in [1.29, 1.82) is 0 Å². The Kier molecular flexibility index (Phi) is 4.76. The Balaban J connectivity index is 2.10. The molecule has 1 aromatic carbocycles. The zero-order valence-electron chi connectivity index (χ0n) is 12.1. The second-order valence-electron chi connectivity index (χ2n) is 4.47. The zero-order chi connectivity index (χ0) is 15.2. The first-order valence-electron chi connectivity index (χ1n) is 6.73. The Morgan fingerprint density at radius 1 is 1.48 bits per heavy atom. The van der Waals surface area contributed by atoms with Gasteiger partial charge in [0.1, 0.15) is 11.5 Å². The minimum absolute atomic E-state index is 0.0285. The summed E-state index contributed by atoms with van der Waals surface area (Å²) in [4.78, 5) is 15.0. The summed E-state index contributed by atoms with van der Waals surface area (Å²) in [6.07, 6.45) is 4.28. The van der Waals surface area contributed by atoms with Gasteiger partial charge in [-0.1, -0.05) is 6.07 Å². The standard InChI is InChI=1S/C14H18N4O3/c1-3-21-12-6-4-5-11(14(12)18(19)20)15-8-7-13-16-9-10-17(13)2/h4-6,9-10,15H,3,7-8H2,1-2H3. The molecule has 0 aliphatic rings. The van der Waals surface area contributed by atoms with E-state index < -0.39 is 4.92 Å². The van der Waals surface area contributed by atoms with Gasteiger partial charge in [0.2, 0.25) is 0 Å². The van der Waals surface area contributed by atoms with Crippen molar-refractivity contribution in [1.82, 2.24) is 9.55 Å². The third kappa shape index (κ3) is 3.50. The number of hydrogen-bond donors (Lipinski definition) is 1. The maximum absolute atomic E-state index is 11.2. The highest BCUT2D eigenvalue weighted by Crippen LogP contribution is 2.34. The molecule has 2 aromatic rings. The van der Waals surface area contributed by atoms with Crippen LogP contribution < -0.4 is 10.1 Å². The molecule has 0 radical (unpaired) electrons. The maximum Gasteiger partial charge on any atom is 0.333 e. The average molecular weight is 290 g/mol. The molecular formula is C14H18N4O3. The number of rotatable bonds is 7. The molecule has 2 rings (SSSR count). The van der Waals surface area contributed by atoms with Crippen molar-refractivity contribution in [2.75, 3.05) is 18.5 Å². The molecule has 1 aromatic heterocycles. The predicted molar refractivity (Wildman–Crippen MR) is 79.7 cm³/mol. The first-order chi connectivity index (χ1) is 10.1. The van der Waals surface area contributed by atoms with E-state index in [1.807, 2.05) is 17.8 Å². The van der Waals surface area contributed by atoms with Gasteiger partial charge in [-0.15, -0.1) is 0 Å². The lowest BCUT2D eigenvalue weighted by atomic mass is 10.2. The SMILES string of the molecule is CCOc1cccc(NCCc2nccn2C)c1[N+](=O)[O-]. The number of aromatic nitrogens is 2. The molecular weight excluding hydrogens is 272 g/mol. The number of anilines is 1. The highest BCUT2D eigenvalue weighted by Gasteiger charge is 2.20. The Morgan fingerprint density at radius 2 is 2.29 bits per heavy atom. The summed E-state index contributed by atoms with van der Waals surface area (Å²) >= 11 is 0. The Bertz CT molecular complexity index is 624. The van der Waals surface area contributed by atoms with E-state index in [2.05, 4.69) is 10.3 Å². The van der Waals surface area contributed by atoms with Crippen molar-refractivity contribution < 1.29 is 9.66 Å². The maximum atomic E-state index is 11.2. The van der Waals surface area contributed by atoms with Crippen LogP contribution in [0.1, 0.15) is 12.7 Å². The third-order valence-corrected chi connectivity index (χ3v) is 3.07. The summed E-state index contributed by atoms with van der Waals surface area (Å²) in [6, 6.07) is 5.02. The fraction of sp³-hybridized carbons (Fsp3) is 0.357. The lowest BCUT2D eigenvalue weighted by molar-refractivity contribution is -0.384. The van der Waals surface area contributed by atoms with E-state index in [0.29, 0.717) is 25.3 Å². The van der Waals surface area contributed by atoms with Crippen LogP contribution in [0.25, 0.3) is 0 Å². The third-order valence-electron chi connectivity index (χ3n) is 3.07. The number of benzene rings is 1. The van der Waals surface area contributed by atoms with Gasteiger partial charge >= 0.3 is 5.69 Å². The molecule has 0 unspecified atom stereocenters. The molecule has 0 saturated carbocycles. The molecule has 21 heavy (non-hydrogen) atoms. The Labute approximate surface area is 122 Å². The van der Waals surface area contributed by atoms with Crippen LogP contribution in [-0.4, -0.2) is 27.6 Å². The van der Waals surface area contributed by atoms with Gasteiger partial charge in [0.05, 0.1) is 11.5 Å². The summed E-state index contributed by atoms with van der Waals surface area (Å²) < 4.78 is 7.24. The van der Waals surface area contributed by atoms with E-state index in [4.69, 9.17) is 4.74 Å². The molecule has 112 valence electrons. The summed E-state index contributed by atoms with van der Waals surface area (Å²) in [5.41, 5.74) is 0.430. The molecule has 0 spiro atoms. The highest BCUT2D eigenvalue weighted by molar-refractivity contribution is 5.68. The Hall–Kier alpha value is -2.57. The van der Waals surface area contributed by atoms with Crippen LogP contribution >= 0.6 is 0 Å². The second-order valence-corrected chi connectivity index (χ2v) is 4.47. The van der Waals surface area contributed by atoms with E-state index in [1.54, 1.807) is 31.3 Å². The lowest BCUT2D eigenvalue weighted by Crippen LogP contribution is -2.10. The van der Waals surface area contributed by atoms with E-state index in [-0.39, 0.29) is 11.4 Å². The van der Waals surface area contributed by atoms with Gasteiger partial charge in [0.15, 0.2) is 5.75 Å². The van der Waals surface area contributed by atoms with E-state index in [1.165, 1.54) is 0 Å². The van der Waals surface area contributed by atoms with Gasteiger partial charge in [-0.25, -0.2) is 4.98 Å². The van der Waals surface area contributed by atoms with Crippen LogP contribution in [-0.2, 0) is 13.5 Å². The first kappa shape index (κ1) is 14.8. The monoisotopic (exact) mass is 290 g/mol. The van der Waals surface area contributed by atoms with Crippen LogP contribution in [0.4, 0.5) is 11.4 Å². The minimum Gasteiger partial charge on any atom is -0.487 e. The van der Waals surface area contributed by atoms with Crippen molar-refractivity contribution in [2.24, 2.45) is 7.05 Å². The van der Waals surface area contributed by atoms with Crippen molar-refractivity contribution in [2.45, 2.75) is 13.3 Å². The average Bonchev–Trinajstić information content (AvgIpc) is 2.85. The summed E-state index contributed by atoms with van der Waals surface area (Å²) in [6.45, 7) is 2.74. The van der Waals surface area contributed by atoms with Gasteiger partial charge in [-0.3, -0.25) is 10.1 Å². The molecule has 0 saturated heterocycles. The number of nitro groups is 1. The molecule has 1 heterocycles. The molecule has 0 atom stereocenters. The van der Waals surface area contributed by atoms with Crippen LogP contribution in [0.2, 0.25) is 0 Å². The van der Waals surface area contributed by atoms with Gasteiger partial charge in [-0.05, 0) is 19.1 Å². The number of nitrogens with one attached hydrogen (secondary N) is 1. The Morgan fingerprint density at radius 3 is 2.90 bits per heavy atom. The summed E-state index contributed by atoms with van der Waals surface area (Å²) in [7, 11) is 1.92. The fourth-order valence-corrected chi connectivity index (χ4v) is 2.07. The number of ether oxygens (including phenoxy) is 1. The normalized spacial score (nSPS) is 10.4. The van der Waals surface area contributed by atoms with Crippen molar-refractivity contribution >= 4 is 11.4 Å². The molecule has 0 bridgehead atoms. The van der Waals surface area contributed by atoms with Gasteiger partial charge < -0.3 is 14.6 Å². The smallest absolute Gasteiger partial charge is 0.333 e. The second kappa shape index (κ2) is 6.74. The summed E-state index contributed by atoms with van der Waals surface area (Å²) in [5.74, 6) is 1.20. The van der Waals surface area contributed by atoms with Crippen molar-refractivity contribution in [3.05, 3.63) is 46.5 Å². The molecule has 7 nitrogen and oxygen atoms in total. The number of nitro benzene ring substituents is 1. The minimum atomic E-state index is -0.423. The number of para-hydroxylation sites is 1. The van der Waals surface area contributed by atoms with Gasteiger partial charge in [0.25, 0.3) is 0 Å². The fourth-order valence-electron chi connectivity index (χ4n) is 2.07. The molecule has 0 aliphatic heterocycles. The number of nitrogens with zero attached hydrogens (tertiary/aromatic N) is 3. The summed E-state index contributed by atoms with van der Waals surface area (Å²) in [5, 5.41) is 14.3.